The molecule has 0 saturated carbocycles. The molecule has 1 N–H and O–H groups in total. The number of amides is 1. The number of nitrogens with zero attached hydrogens (tertiary/aromatic N) is 3. The number of nitrogens with one attached hydrogen (secondary N) is 1. The second-order valence-electron chi connectivity index (χ2n) is 4.60. The molecule has 22 heavy (non-hydrogen) atoms. The van der Waals surface area contributed by atoms with Gasteiger partial charge in [0.05, 0.1) is 19.0 Å². The lowest BCUT2D eigenvalue weighted by Gasteiger charge is -2.06. The van der Waals surface area contributed by atoms with E-state index in [1.807, 2.05) is 0 Å². The summed E-state index contributed by atoms with van der Waals surface area (Å²) in [6, 6.07) is 7.53. The van der Waals surface area contributed by atoms with Crippen LogP contribution in [0.4, 0.5) is 4.39 Å². The van der Waals surface area contributed by atoms with Crippen LogP contribution in [0.1, 0.15) is 10.4 Å². The van der Waals surface area contributed by atoms with Gasteiger partial charge in [-0.25, -0.2) is 13.9 Å². The number of ether oxygens (including phenoxy) is 1. The number of carbonyl (C=O) groups excluding carboxylic acids is 1. The summed E-state index contributed by atoms with van der Waals surface area (Å²) in [4.78, 5) is 15.9. The Morgan fingerprint density at radius 1 is 1.32 bits per heavy atom. The first-order valence-corrected chi connectivity index (χ1v) is 6.54. The van der Waals surface area contributed by atoms with Crippen LogP contribution in [0.2, 0.25) is 0 Å². The number of methoxy groups -OCH3 is 1. The Balaban J connectivity index is 2.18. The fourth-order valence-corrected chi connectivity index (χ4v) is 2.18. The van der Waals surface area contributed by atoms with Crippen molar-refractivity contribution in [2.24, 2.45) is 0 Å². The second kappa shape index (κ2) is 5.44. The standard InChI is InChI=1S/C15H13FN4O2/c1-17-15(21)10-5-9(6-11(16)7-10)12-8-18-13-3-4-14(22-2)19-20(12)13/h3-8H,1-2H3,(H,17,21). The molecule has 1 aromatic carbocycles. The van der Waals surface area contributed by atoms with Gasteiger partial charge in [-0.15, -0.1) is 5.10 Å². The first kappa shape index (κ1) is 14.0. The summed E-state index contributed by atoms with van der Waals surface area (Å²) in [6.45, 7) is 0. The van der Waals surface area contributed by atoms with Crippen molar-refractivity contribution in [3.05, 3.63) is 47.9 Å². The van der Waals surface area contributed by atoms with E-state index in [1.54, 1.807) is 28.9 Å². The van der Waals surface area contributed by atoms with Crippen molar-refractivity contribution in [1.82, 2.24) is 19.9 Å². The summed E-state index contributed by atoms with van der Waals surface area (Å²) in [5.41, 5.74) is 1.90. The number of hydrogen-bond donors (Lipinski definition) is 1. The van der Waals surface area contributed by atoms with Gasteiger partial charge in [0.1, 0.15) is 5.82 Å². The van der Waals surface area contributed by atoms with E-state index in [0.717, 1.165) is 0 Å². The zero-order chi connectivity index (χ0) is 15.7. The lowest BCUT2D eigenvalue weighted by Crippen LogP contribution is -2.18. The molecule has 3 rings (SSSR count). The van der Waals surface area contributed by atoms with Crippen LogP contribution in [0, 0.1) is 5.82 Å². The van der Waals surface area contributed by atoms with Gasteiger partial charge in [0.2, 0.25) is 5.88 Å². The summed E-state index contributed by atoms with van der Waals surface area (Å²) >= 11 is 0. The maximum Gasteiger partial charge on any atom is 0.251 e. The van der Waals surface area contributed by atoms with Crippen LogP contribution in [-0.2, 0) is 0 Å². The molecule has 2 aromatic heterocycles. The molecular formula is C15H13FN4O2. The van der Waals surface area contributed by atoms with Crippen molar-refractivity contribution < 1.29 is 13.9 Å². The van der Waals surface area contributed by atoms with E-state index in [0.29, 0.717) is 22.8 Å². The zero-order valence-corrected chi connectivity index (χ0v) is 12.0. The van der Waals surface area contributed by atoms with E-state index in [9.17, 15) is 9.18 Å². The molecule has 0 fully saturated rings. The highest BCUT2D eigenvalue weighted by atomic mass is 19.1. The minimum absolute atomic E-state index is 0.232. The van der Waals surface area contributed by atoms with E-state index in [1.165, 1.54) is 26.3 Å². The number of carbonyl (C=O) groups is 1. The minimum Gasteiger partial charge on any atom is -0.480 e. The van der Waals surface area contributed by atoms with Gasteiger partial charge in [0.15, 0.2) is 5.65 Å². The molecule has 0 aliphatic carbocycles. The van der Waals surface area contributed by atoms with Crippen LogP contribution in [0.5, 0.6) is 5.88 Å². The van der Waals surface area contributed by atoms with Gasteiger partial charge in [-0.05, 0) is 24.3 Å². The minimum atomic E-state index is -0.506. The van der Waals surface area contributed by atoms with Crippen LogP contribution in [0.3, 0.4) is 0 Å². The topological polar surface area (TPSA) is 68.5 Å². The molecule has 2 heterocycles. The first-order valence-electron chi connectivity index (χ1n) is 6.54. The predicted molar refractivity (Wildman–Crippen MR) is 78.3 cm³/mol. The molecule has 0 aliphatic heterocycles. The Morgan fingerprint density at radius 2 is 2.14 bits per heavy atom. The van der Waals surface area contributed by atoms with E-state index in [4.69, 9.17) is 4.74 Å². The third kappa shape index (κ3) is 2.37. The van der Waals surface area contributed by atoms with Crippen molar-refractivity contribution in [2.45, 2.75) is 0 Å². The van der Waals surface area contributed by atoms with Crippen LogP contribution < -0.4 is 10.1 Å². The molecule has 0 radical (unpaired) electrons. The lowest BCUT2D eigenvalue weighted by atomic mass is 10.1. The Morgan fingerprint density at radius 3 is 2.86 bits per heavy atom. The molecule has 0 bridgehead atoms. The molecular weight excluding hydrogens is 287 g/mol. The number of fused-ring (bicyclic) bond motifs is 1. The van der Waals surface area contributed by atoms with E-state index in [-0.39, 0.29) is 11.5 Å². The second-order valence-corrected chi connectivity index (χ2v) is 4.60. The van der Waals surface area contributed by atoms with E-state index < -0.39 is 5.82 Å². The summed E-state index contributed by atoms with van der Waals surface area (Å²) in [5.74, 6) is -0.455. The van der Waals surface area contributed by atoms with Gasteiger partial charge in [-0.1, -0.05) is 0 Å². The predicted octanol–water partition coefficient (Wildman–Crippen LogP) is 1.90. The lowest BCUT2D eigenvalue weighted by molar-refractivity contribution is 0.0962. The average Bonchev–Trinajstić information content (AvgIpc) is 2.96. The first-order chi connectivity index (χ1) is 10.6. The van der Waals surface area contributed by atoms with Gasteiger partial charge < -0.3 is 10.1 Å². The molecule has 3 aromatic rings. The molecule has 0 unspecified atom stereocenters. The molecule has 6 nitrogen and oxygen atoms in total. The summed E-state index contributed by atoms with van der Waals surface area (Å²) in [6.07, 6.45) is 1.57. The largest absolute Gasteiger partial charge is 0.480 e. The van der Waals surface area contributed by atoms with Crippen LogP contribution in [-0.4, -0.2) is 34.7 Å². The van der Waals surface area contributed by atoms with Gasteiger partial charge in [-0.2, -0.15) is 0 Å². The Hall–Kier alpha value is -2.96. The van der Waals surface area contributed by atoms with Gasteiger partial charge in [0, 0.05) is 24.2 Å². The quantitative estimate of drug-likeness (QED) is 0.802. The summed E-state index contributed by atoms with van der Waals surface area (Å²) in [5, 5.41) is 6.74. The van der Waals surface area contributed by atoms with Crippen molar-refractivity contribution >= 4 is 11.6 Å². The normalized spacial score (nSPS) is 10.7. The fourth-order valence-electron chi connectivity index (χ4n) is 2.18. The Bertz CT molecular complexity index is 860. The third-order valence-electron chi connectivity index (χ3n) is 3.23. The SMILES string of the molecule is CNC(=O)c1cc(F)cc(-c2cnc3ccc(OC)nn23)c1. The van der Waals surface area contributed by atoms with Crippen molar-refractivity contribution in [3.8, 4) is 17.1 Å². The molecule has 0 saturated heterocycles. The van der Waals surface area contributed by atoms with Crippen molar-refractivity contribution in [1.29, 1.82) is 0 Å². The molecule has 112 valence electrons. The molecule has 1 amide bonds. The summed E-state index contributed by atoms with van der Waals surface area (Å²) in [7, 11) is 3.00. The van der Waals surface area contributed by atoms with Crippen LogP contribution >= 0.6 is 0 Å². The van der Waals surface area contributed by atoms with Crippen molar-refractivity contribution in [2.75, 3.05) is 14.2 Å². The van der Waals surface area contributed by atoms with E-state index in [2.05, 4.69) is 15.4 Å². The average molecular weight is 300 g/mol. The number of benzene rings is 1. The smallest absolute Gasteiger partial charge is 0.251 e. The fraction of sp³-hybridized carbons (Fsp3) is 0.133. The van der Waals surface area contributed by atoms with Crippen molar-refractivity contribution in [3.63, 3.8) is 0 Å². The highest BCUT2D eigenvalue weighted by Crippen LogP contribution is 2.23. The number of imidazole rings is 1. The Kier molecular flexibility index (Phi) is 3.46. The third-order valence-corrected chi connectivity index (χ3v) is 3.23. The maximum absolute atomic E-state index is 13.8. The number of hydrogen-bond acceptors (Lipinski definition) is 4. The molecule has 0 spiro atoms. The number of rotatable bonds is 3. The summed E-state index contributed by atoms with van der Waals surface area (Å²) < 4.78 is 20.4. The zero-order valence-electron chi connectivity index (χ0n) is 12.0. The van der Waals surface area contributed by atoms with Gasteiger partial charge >= 0.3 is 0 Å². The number of halogens is 1. The van der Waals surface area contributed by atoms with Gasteiger partial charge in [-0.3, -0.25) is 4.79 Å². The monoisotopic (exact) mass is 300 g/mol. The van der Waals surface area contributed by atoms with Gasteiger partial charge in [0.25, 0.3) is 5.91 Å². The number of aromatic nitrogens is 3. The molecule has 0 aliphatic rings. The molecule has 0 atom stereocenters. The van der Waals surface area contributed by atoms with Crippen LogP contribution in [0.15, 0.2) is 36.5 Å². The highest BCUT2D eigenvalue weighted by molar-refractivity contribution is 5.95. The highest BCUT2D eigenvalue weighted by Gasteiger charge is 2.13. The van der Waals surface area contributed by atoms with Crippen LogP contribution in [0.25, 0.3) is 16.9 Å². The molecule has 7 heteroatoms. The van der Waals surface area contributed by atoms with E-state index >= 15 is 0 Å². The Labute approximate surface area is 125 Å². The maximum atomic E-state index is 13.8.